The molecule has 1 unspecified atom stereocenters. The van der Waals surface area contributed by atoms with Crippen LogP contribution in [0.2, 0.25) is 0 Å². The largest absolute Gasteiger partial charge is 0.377 e. The zero-order valence-corrected chi connectivity index (χ0v) is 14.1. The molecule has 0 bridgehead atoms. The fourth-order valence-corrected chi connectivity index (χ4v) is 3.72. The molecule has 0 aliphatic carbocycles. The summed E-state index contributed by atoms with van der Waals surface area (Å²) in [6.07, 6.45) is 1.69. The number of rotatable bonds is 2. The molecule has 0 N–H and O–H groups in total. The monoisotopic (exact) mass is 339 g/mol. The number of aryl methyl sites for hydroxylation is 1. The molecule has 2 aromatic heterocycles. The highest BCUT2D eigenvalue weighted by Gasteiger charge is 2.31. The van der Waals surface area contributed by atoms with Gasteiger partial charge < -0.3 is 9.64 Å². The van der Waals surface area contributed by atoms with Crippen molar-refractivity contribution in [2.45, 2.75) is 13.0 Å². The summed E-state index contributed by atoms with van der Waals surface area (Å²) in [6, 6.07) is 9.39. The average molecular weight is 339 g/mol. The molecule has 1 fully saturated rings. The first-order chi connectivity index (χ1) is 11.7. The standard InChI is InChI=1S/C18H17N3O2S/c1-12-20-16(11-24-12)17-10-23-9-8-21(17)18(22)14-6-7-19-15-5-3-2-4-13(14)15/h2-7,11,17H,8-10H2,1H3. The maximum absolute atomic E-state index is 13.2. The number of pyridine rings is 1. The number of carbonyl (C=O) groups excluding carboxylic acids is 1. The Morgan fingerprint density at radius 2 is 2.21 bits per heavy atom. The molecule has 6 heteroatoms. The zero-order valence-electron chi connectivity index (χ0n) is 13.3. The average Bonchev–Trinajstić information content (AvgIpc) is 3.07. The molecule has 122 valence electrons. The van der Waals surface area contributed by atoms with Crippen LogP contribution in [-0.2, 0) is 4.74 Å². The molecule has 1 saturated heterocycles. The van der Waals surface area contributed by atoms with Gasteiger partial charge in [0.25, 0.3) is 5.91 Å². The Bertz CT molecular complexity index is 887. The van der Waals surface area contributed by atoms with Gasteiger partial charge in [-0.1, -0.05) is 18.2 Å². The van der Waals surface area contributed by atoms with Gasteiger partial charge in [-0.15, -0.1) is 11.3 Å². The van der Waals surface area contributed by atoms with Crippen LogP contribution in [0.4, 0.5) is 0 Å². The Morgan fingerprint density at radius 1 is 1.33 bits per heavy atom. The lowest BCUT2D eigenvalue weighted by Gasteiger charge is -2.35. The molecule has 4 rings (SSSR count). The van der Waals surface area contributed by atoms with E-state index >= 15 is 0 Å². The normalized spacial score (nSPS) is 18.0. The van der Waals surface area contributed by atoms with Gasteiger partial charge in [-0.3, -0.25) is 9.78 Å². The van der Waals surface area contributed by atoms with Crippen LogP contribution >= 0.6 is 11.3 Å². The lowest BCUT2D eigenvalue weighted by Crippen LogP contribution is -2.43. The Hall–Kier alpha value is -2.31. The van der Waals surface area contributed by atoms with Gasteiger partial charge in [-0.25, -0.2) is 4.98 Å². The highest BCUT2D eigenvalue weighted by atomic mass is 32.1. The van der Waals surface area contributed by atoms with E-state index in [1.165, 1.54) is 0 Å². The summed E-state index contributed by atoms with van der Waals surface area (Å²) >= 11 is 1.60. The molecule has 1 aliphatic rings. The molecule has 0 saturated carbocycles. The van der Waals surface area contributed by atoms with E-state index in [4.69, 9.17) is 4.74 Å². The van der Waals surface area contributed by atoms with Gasteiger partial charge >= 0.3 is 0 Å². The molecule has 1 aliphatic heterocycles. The van der Waals surface area contributed by atoms with Gasteiger partial charge in [0.2, 0.25) is 0 Å². The smallest absolute Gasteiger partial charge is 0.255 e. The maximum Gasteiger partial charge on any atom is 0.255 e. The number of thiazole rings is 1. The van der Waals surface area contributed by atoms with Crippen LogP contribution in [0.5, 0.6) is 0 Å². The number of para-hydroxylation sites is 1. The number of hydrogen-bond acceptors (Lipinski definition) is 5. The summed E-state index contributed by atoms with van der Waals surface area (Å²) in [5.41, 5.74) is 2.42. The molecule has 1 amide bonds. The maximum atomic E-state index is 13.2. The van der Waals surface area contributed by atoms with Gasteiger partial charge in [-0.2, -0.15) is 0 Å². The van der Waals surface area contributed by atoms with Crippen molar-refractivity contribution in [1.29, 1.82) is 0 Å². The Balaban J connectivity index is 1.73. The fourth-order valence-electron chi connectivity index (χ4n) is 3.06. The number of amides is 1. The highest BCUT2D eigenvalue weighted by molar-refractivity contribution is 7.09. The van der Waals surface area contributed by atoms with Crippen molar-refractivity contribution in [2.75, 3.05) is 19.8 Å². The van der Waals surface area contributed by atoms with E-state index in [-0.39, 0.29) is 11.9 Å². The summed E-state index contributed by atoms with van der Waals surface area (Å²) in [7, 11) is 0. The minimum Gasteiger partial charge on any atom is -0.377 e. The fraction of sp³-hybridized carbons (Fsp3) is 0.278. The highest BCUT2D eigenvalue weighted by Crippen LogP contribution is 2.28. The van der Waals surface area contributed by atoms with Gasteiger partial charge in [0.1, 0.15) is 0 Å². The third-order valence-electron chi connectivity index (χ3n) is 4.25. The van der Waals surface area contributed by atoms with Crippen LogP contribution in [-0.4, -0.2) is 40.5 Å². The predicted octanol–water partition coefficient (Wildman–Crippen LogP) is 3.21. The van der Waals surface area contributed by atoms with E-state index < -0.39 is 0 Å². The molecule has 0 radical (unpaired) electrons. The summed E-state index contributed by atoms with van der Waals surface area (Å²) in [5.74, 6) is 0.00699. The first-order valence-corrected chi connectivity index (χ1v) is 8.76. The number of carbonyl (C=O) groups is 1. The second-order valence-electron chi connectivity index (χ2n) is 5.76. The van der Waals surface area contributed by atoms with Crippen LogP contribution in [0.25, 0.3) is 10.9 Å². The van der Waals surface area contributed by atoms with Crippen LogP contribution < -0.4 is 0 Å². The molecule has 5 nitrogen and oxygen atoms in total. The molecule has 3 aromatic rings. The minimum absolute atomic E-state index is 0.00699. The van der Waals surface area contributed by atoms with Crippen molar-refractivity contribution in [3.63, 3.8) is 0 Å². The minimum atomic E-state index is -0.136. The molecular weight excluding hydrogens is 322 g/mol. The van der Waals surface area contributed by atoms with E-state index in [0.717, 1.165) is 21.6 Å². The number of morpholine rings is 1. The number of aromatic nitrogens is 2. The van der Waals surface area contributed by atoms with Crippen LogP contribution in [0, 0.1) is 6.92 Å². The van der Waals surface area contributed by atoms with E-state index in [0.29, 0.717) is 25.3 Å². The van der Waals surface area contributed by atoms with E-state index in [9.17, 15) is 4.79 Å². The van der Waals surface area contributed by atoms with Crippen molar-refractivity contribution in [1.82, 2.24) is 14.9 Å². The second-order valence-corrected chi connectivity index (χ2v) is 6.82. The molecule has 3 heterocycles. The Labute approximate surface area is 143 Å². The van der Waals surface area contributed by atoms with Crippen LogP contribution in [0.1, 0.15) is 27.1 Å². The number of hydrogen-bond donors (Lipinski definition) is 0. The number of benzene rings is 1. The molecular formula is C18H17N3O2S. The third-order valence-corrected chi connectivity index (χ3v) is 5.04. The van der Waals surface area contributed by atoms with Crippen molar-refractivity contribution < 1.29 is 9.53 Å². The summed E-state index contributed by atoms with van der Waals surface area (Å²) in [6.45, 7) is 3.57. The molecule has 24 heavy (non-hydrogen) atoms. The van der Waals surface area contributed by atoms with Crippen molar-refractivity contribution in [3.8, 4) is 0 Å². The summed E-state index contributed by atoms with van der Waals surface area (Å²) in [4.78, 5) is 24.0. The zero-order chi connectivity index (χ0) is 16.5. The van der Waals surface area contributed by atoms with Gasteiger partial charge in [-0.05, 0) is 19.1 Å². The number of nitrogens with zero attached hydrogens (tertiary/aromatic N) is 3. The van der Waals surface area contributed by atoms with Crippen LogP contribution in [0.3, 0.4) is 0 Å². The summed E-state index contributed by atoms with van der Waals surface area (Å²) in [5, 5.41) is 3.89. The predicted molar refractivity (Wildman–Crippen MR) is 93.2 cm³/mol. The quantitative estimate of drug-likeness (QED) is 0.719. The molecule has 1 aromatic carbocycles. The topological polar surface area (TPSA) is 55.3 Å². The second kappa shape index (κ2) is 6.30. The SMILES string of the molecule is Cc1nc(C2COCCN2C(=O)c2ccnc3ccccc23)cs1. The first-order valence-electron chi connectivity index (χ1n) is 7.88. The lowest BCUT2D eigenvalue weighted by atomic mass is 10.1. The third kappa shape index (κ3) is 2.68. The van der Waals surface area contributed by atoms with Crippen LogP contribution in [0.15, 0.2) is 41.9 Å². The lowest BCUT2D eigenvalue weighted by molar-refractivity contribution is -0.00365. The molecule has 1 atom stereocenters. The van der Waals surface area contributed by atoms with Crippen molar-refractivity contribution in [2.24, 2.45) is 0 Å². The van der Waals surface area contributed by atoms with E-state index in [1.807, 2.05) is 41.5 Å². The molecule has 0 spiro atoms. The van der Waals surface area contributed by atoms with E-state index in [2.05, 4.69) is 9.97 Å². The first kappa shape index (κ1) is 15.2. The van der Waals surface area contributed by atoms with Crippen molar-refractivity contribution in [3.05, 3.63) is 58.2 Å². The van der Waals surface area contributed by atoms with Gasteiger partial charge in [0, 0.05) is 23.5 Å². The van der Waals surface area contributed by atoms with Gasteiger partial charge in [0.05, 0.1) is 41.0 Å². The number of ether oxygens (including phenoxy) is 1. The van der Waals surface area contributed by atoms with Crippen molar-refractivity contribution >= 4 is 28.1 Å². The Kier molecular flexibility index (Phi) is 4.00. The van der Waals surface area contributed by atoms with E-state index in [1.54, 1.807) is 23.6 Å². The Morgan fingerprint density at radius 3 is 3.04 bits per heavy atom. The summed E-state index contributed by atoms with van der Waals surface area (Å²) < 4.78 is 5.61. The van der Waals surface area contributed by atoms with Gasteiger partial charge in [0.15, 0.2) is 0 Å². The number of fused-ring (bicyclic) bond motifs is 1.